The molecule has 0 saturated heterocycles. The number of hydrogen-bond donors (Lipinski definition) is 0. The third kappa shape index (κ3) is 2.87. The Kier molecular flexibility index (Phi) is 3.78. The molecule has 0 atom stereocenters. The fourth-order valence-electron chi connectivity index (χ4n) is 1.53. The molecule has 0 aliphatic rings. The second-order valence-electron chi connectivity index (χ2n) is 3.61. The molecule has 0 saturated carbocycles. The van der Waals surface area contributed by atoms with Gasteiger partial charge in [-0.1, -0.05) is 0 Å². The molecule has 0 fully saturated rings. The minimum absolute atomic E-state index is 0.108. The molecule has 1 aromatic carbocycles. The number of thiophene rings is 1. The molecule has 1 nitrogen and oxygen atoms in total. The fraction of sp³-hybridized carbons (Fsp3) is 0.0833. The van der Waals surface area contributed by atoms with E-state index in [1.54, 1.807) is 11.4 Å². The van der Waals surface area contributed by atoms with Crippen LogP contribution >= 0.6 is 27.3 Å². The molecule has 1 heterocycles. The van der Waals surface area contributed by atoms with Crippen LogP contribution in [0.15, 0.2) is 34.1 Å². The number of benzene rings is 1. The van der Waals surface area contributed by atoms with Gasteiger partial charge in [0.1, 0.15) is 5.82 Å². The van der Waals surface area contributed by atoms with Crippen molar-refractivity contribution in [3.05, 3.63) is 55.9 Å². The van der Waals surface area contributed by atoms with Crippen molar-refractivity contribution in [1.29, 1.82) is 0 Å². The second kappa shape index (κ2) is 5.05. The quantitative estimate of drug-likeness (QED) is 0.555. The zero-order chi connectivity index (χ0) is 14.2. The Labute approximate surface area is 118 Å². The summed E-state index contributed by atoms with van der Waals surface area (Å²) in [5, 5.41) is 1.56. The van der Waals surface area contributed by atoms with E-state index in [0.29, 0.717) is 22.7 Å². The van der Waals surface area contributed by atoms with Crippen LogP contribution in [0.5, 0.6) is 0 Å². The average Bonchev–Trinajstić information content (AvgIpc) is 2.72. The highest BCUT2D eigenvalue weighted by molar-refractivity contribution is 9.10. The van der Waals surface area contributed by atoms with E-state index in [-0.39, 0.29) is 4.88 Å². The van der Waals surface area contributed by atoms with Crippen molar-refractivity contribution in [1.82, 2.24) is 0 Å². The van der Waals surface area contributed by atoms with Crippen molar-refractivity contribution in [3.63, 3.8) is 0 Å². The SMILES string of the molecule is O=C(c1cc(F)ccc1C(F)(F)F)c1sccc1Br. The Morgan fingerprint density at radius 3 is 2.42 bits per heavy atom. The molecule has 7 heteroatoms. The monoisotopic (exact) mass is 352 g/mol. The molecule has 0 bridgehead atoms. The van der Waals surface area contributed by atoms with Gasteiger partial charge in [0.25, 0.3) is 0 Å². The van der Waals surface area contributed by atoms with Crippen molar-refractivity contribution >= 4 is 33.0 Å². The third-order valence-electron chi connectivity index (χ3n) is 2.36. The smallest absolute Gasteiger partial charge is 0.288 e. The maximum Gasteiger partial charge on any atom is 0.417 e. The van der Waals surface area contributed by atoms with Crippen LogP contribution in [0, 0.1) is 5.82 Å². The van der Waals surface area contributed by atoms with Gasteiger partial charge in [-0.15, -0.1) is 11.3 Å². The van der Waals surface area contributed by atoms with E-state index in [2.05, 4.69) is 15.9 Å². The minimum Gasteiger partial charge on any atom is -0.288 e. The molecule has 0 radical (unpaired) electrons. The van der Waals surface area contributed by atoms with E-state index >= 15 is 0 Å². The number of alkyl halides is 3. The van der Waals surface area contributed by atoms with Gasteiger partial charge in [-0.3, -0.25) is 4.79 Å². The molecular formula is C12H5BrF4OS. The van der Waals surface area contributed by atoms with Crippen LogP contribution in [0.1, 0.15) is 20.8 Å². The van der Waals surface area contributed by atoms with Gasteiger partial charge in [-0.25, -0.2) is 4.39 Å². The molecular weight excluding hydrogens is 348 g/mol. The van der Waals surface area contributed by atoms with E-state index in [1.807, 2.05) is 0 Å². The standard InChI is InChI=1S/C12H5BrF4OS/c13-9-3-4-19-11(9)10(18)7-5-6(14)1-2-8(7)12(15,16)17/h1-5H. The normalized spacial score (nSPS) is 11.6. The lowest BCUT2D eigenvalue weighted by molar-refractivity contribution is -0.137. The lowest BCUT2D eigenvalue weighted by Crippen LogP contribution is -2.13. The first kappa shape index (κ1) is 14.2. The first-order chi connectivity index (χ1) is 8.80. The van der Waals surface area contributed by atoms with Crippen LogP contribution in [0.3, 0.4) is 0 Å². The minimum atomic E-state index is -4.71. The van der Waals surface area contributed by atoms with Crippen LogP contribution in [-0.2, 0) is 6.18 Å². The second-order valence-corrected chi connectivity index (χ2v) is 5.38. The first-order valence-corrected chi connectivity index (χ1v) is 6.62. The van der Waals surface area contributed by atoms with Gasteiger partial charge in [0, 0.05) is 10.0 Å². The number of hydrogen-bond acceptors (Lipinski definition) is 2. The highest BCUT2D eigenvalue weighted by atomic mass is 79.9. The summed E-state index contributed by atoms with van der Waals surface area (Å²) in [6.45, 7) is 0. The van der Waals surface area contributed by atoms with Gasteiger partial charge in [-0.2, -0.15) is 13.2 Å². The first-order valence-electron chi connectivity index (χ1n) is 4.95. The van der Waals surface area contributed by atoms with Crippen molar-refractivity contribution in [2.75, 3.05) is 0 Å². The summed E-state index contributed by atoms with van der Waals surface area (Å²) in [5.74, 6) is -1.74. The van der Waals surface area contributed by atoms with Crippen LogP contribution in [0.4, 0.5) is 17.6 Å². The van der Waals surface area contributed by atoms with Crippen LogP contribution in [0.2, 0.25) is 0 Å². The fourth-order valence-corrected chi connectivity index (χ4v) is 3.03. The summed E-state index contributed by atoms with van der Waals surface area (Å²) in [6, 6.07) is 3.41. The van der Waals surface area contributed by atoms with Gasteiger partial charge in [-0.05, 0) is 45.6 Å². The average molecular weight is 353 g/mol. The number of carbonyl (C=O) groups is 1. The van der Waals surface area contributed by atoms with Crippen molar-refractivity contribution in [2.24, 2.45) is 0 Å². The Hall–Kier alpha value is -1.21. The van der Waals surface area contributed by atoms with E-state index in [1.165, 1.54) is 0 Å². The molecule has 1 aromatic heterocycles. The molecule has 100 valence electrons. The van der Waals surface area contributed by atoms with Gasteiger partial charge >= 0.3 is 6.18 Å². The number of rotatable bonds is 2. The number of carbonyl (C=O) groups excluding carboxylic acids is 1. The molecule has 0 spiro atoms. The molecule has 2 rings (SSSR count). The summed E-state index contributed by atoms with van der Waals surface area (Å²) in [5.41, 5.74) is -1.82. The third-order valence-corrected chi connectivity index (χ3v) is 4.19. The summed E-state index contributed by atoms with van der Waals surface area (Å²) >= 11 is 4.06. The molecule has 0 aliphatic carbocycles. The van der Waals surface area contributed by atoms with E-state index < -0.39 is 28.9 Å². The van der Waals surface area contributed by atoms with E-state index in [0.717, 1.165) is 11.3 Å². The highest BCUT2D eigenvalue weighted by Crippen LogP contribution is 2.35. The van der Waals surface area contributed by atoms with Crippen molar-refractivity contribution < 1.29 is 22.4 Å². The van der Waals surface area contributed by atoms with Crippen LogP contribution in [-0.4, -0.2) is 5.78 Å². The summed E-state index contributed by atoms with van der Waals surface area (Å²) in [7, 11) is 0. The van der Waals surface area contributed by atoms with Crippen molar-refractivity contribution in [3.8, 4) is 0 Å². The van der Waals surface area contributed by atoms with Gasteiger partial charge < -0.3 is 0 Å². The van der Waals surface area contributed by atoms with Gasteiger partial charge in [0.2, 0.25) is 5.78 Å². The van der Waals surface area contributed by atoms with E-state index in [9.17, 15) is 22.4 Å². The molecule has 0 N–H and O–H groups in total. The maximum absolute atomic E-state index is 13.1. The Bertz CT molecular complexity index is 633. The zero-order valence-corrected chi connectivity index (χ0v) is 11.5. The molecule has 0 aliphatic heterocycles. The van der Waals surface area contributed by atoms with Gasteiger partial charge in [0.05, 0.1) is 10.4 Å². The summed E-state index contributed by atoms with van der Waals surface area (Å²) in [6.07, 6.45) is -4.71. The topological polar surface area (TPSA) is 17.1 Å². The Balaban J connectivity index is 2.59. The zero-order valence-electron chi connectivity index (χ0n) is 9.09. The Morgan fingerprint density at radius 2 is 1.89 bits per heavy atom. The lowest BCUT2D eigenvalue weighted by Gasteiger charge is -2.11. The van der Waals surface area contributed by atoms with E-state index in [4.69, 9.17) is 0 Å². The predicted molar refractivity (Wildman–Crippen MR) is 66.9 cm³/mol. The Morgan fingerprint density at radius 1 is 1.21 bits per heavy atom. The van der Waals surface area contributed by atoms with Crippen LogP contribution < -0.4 is 0 Å². The van der Waals surface area contributed by atoms with Crippen LogP contribution in [0.25, 0.3) is 0 Å². The molecule has 2 aromatic rings. The molecule has 19 heavy (non-hydrogen) atoms. The maximum atomic E-state index is 13.1. The predicted octanol–water partition coefficient (Wildman–Crippen LogP) is 4.90. The van der Waals surface area contributed by atoms with Crippen molar-refractivity contribution in [2.45, 2.75) is 6.18 Å². The molecule has 0 amide bonds. The largest absolute Gasteiger partial charge is 0.417 e. The summed E-state index contributed by atoms with van der Waals surface area (Å²) < 4.78 is 51.9. The number of halogens is 5. The van der Waals surface area contributed by atoms with Gasteiger partial charge in [0.15, 0.2) is 0 Å². The highest BCUT2D eigenvalue weighted by Gasteiger charge is 2.36. The molecule has 0 unspecified atom stereocenters. The summed E-state index contributed by atoms with van der Waals surface area (Å²) in [4.78, 5) is 12.2. The number of ketones is 1. The lowest BCUT2D eigenvalue weighted by atomic mass is 10.0.